The second-order valence-electron chi connectivity index (χ2n) is 12.8. The number of amides is 3. The number of nitrogens with two attached hydrogens (primary N) is 1. The number of hydrogen-bond donors (Lipinski definition) is 3. The minimum atomic E-state index is -1.56. The van der Waals surface area contributed by atoms with Crippen molar-refractivity contribution in [2.24, 2.45) is 17.1 Å². The lowest BCUT2D eigenvalue weighted by molar-refractivity contribution is -0.133. The molecule has 0 radical (unpaired) electrons. The number of allylic oxidation sites excluding steroid dienone is 2. The number of benzene rings is 2. The number of nitrogens with one attached hydrogen (secondary N) is 1. The number of aliphatic hydroxyl groups excluding tert-OH is 1. The number of primary amides is 1. The molecule has 1 aliphatic carbocycles. The van der Waals surface area contributed by atoms with Crippen LogP contribution in [0.25, 0.3) is 0 Å². The van der Waals surface area contributed by atoms with Gasteiger partial charge in [0.2, 0.25) is 11.8 Å². The summed E-state index contributed by atoms with van der Waals surface area (Å²) >= 11 is 0. The Hall–Kier alpha value is -4.25. The van der Waals surface area contributed by atoms with E-state index in [4.69, 9.17) is 10.5 Å². The Morgan fingerprint density at radius 1 is 1.06 bits per heavy atom. The van der Waals surface area contributed by atoms with Crippen LogP contribution in [0.2, 0.25) is 0 Å². The Balaban J connectivity index is 1.64. The van der Waals surface area contributed by atoms with Crippen molar-refractivity contribution in [3.05, 3.63) is 83.0 Å². The molecule has 0 saturated carbocycles. The molecule has 260 valence electrons. The fraction of sp³-hybridized carbons (Fsp3) is 0.486. The summed E-state index contributed by atoms with van der Waals surface area (Å²) in [6, 6.07) is 10.1. The van der Waals surface area contributed by atoms with E-state index < -0.39 is 35.0 Å². The fourth-order valence-electron chi connectivity index (χ4n) is 6.85. The minimum absolute atomic E-state index is 0.0831. The van der Waals surface area contributed by atoms with Gasteiger partial charge in [0.1, 0.15) is 17.4 Å². The van der Waals surface area contributed by atoms with Gasteiger partial charge in [0.25, 0.3) is 5.91 Å². The van der Waals surface area contributed by atoms with Gasteiger partial charge >= 0.3 is 0 Å². The van der Waals surface area contributed by atoms with Gasteiger partial charge in [-0.25, -0.2) is 8.78 Å². The van der Waals surface area contributed by atoms with Crippen LogP contribution in [-0.2, 0) is 20.8 Å². The van der Waals surface area contributed by atoms with Crippen molar-refractivity contribution in [2.75, 3.05) is 44.6 Å². The van der Waals surface area contributed by atoms with E-state index in [9.17, 15) is 28.3 Å². The predicted octanol–water partition coefficient (Wildman–Crippen LogP) is 4.99. The monoisotopic (exact) mass is 666 g/mol. The molecule has 1 unspecified atom stereocenters. The maximum absolute atomic E-state index is 14.4. The lowest BCUT2D eigenvalue weighted by Crippen LogP contribution is -2.51. The number of aliphatic hydroxyl groups is 1. The first kappa shape index (κ1) is 36.6. The highest BCUT2D eigenvalue weighted by Gasteiger charge is 2.48. The molecule has 0 spiro atoms. The maximum Gasteiger partial charge on any atom is 0.260 e. The number of rotatable bonds is 16. The molecule has 1 heterocycles. The molecule has 3 atom stereocenters. The van der Waals surface area contributed by atoms with Crippen molar-refractivity contribution >= 4 is 23.4 Å². The largest absolute Gasteiger partial charge is 0.482 e. The summed E-state index contributed by atoms with van der Waals surface area (Å²) in [6.07, 6.45) is 5.37. The molecular formula is C37H48F2N4O5. The Labute approximate surface area is 281 Å². The van der Waals surface area contributed by atoms with Gasteiger partial charge in [0, 0.05) is 50.3 Å². The molecule has 2 aromatic rings. The molecule has 9 nitrogen and oxygen atoms in total. The standard InChI is InChI=1S/C37H48F2N4O5/c1-4-12-43(13-5-2)35(46)27-16-25(3)21-37(22-27,36(40)47)30(19-26-17-28(38)20-29(39)18-26)32(44)23-41-31-10-6-7-11-33(31)48-24-34(45)42-14-8-9-15-42/h6-7,10-11,16-18,20-21,30,32,41,44H,4-5,8-9,12-15,19,22-24H2,1-3H3,(H2,40,47)/t30-,32+,37?/m1/s1. The van der Waals surface area contributed by atoms with E-state index >= 15 is 0 Å². The van der Waals surface area contributed by atoms with Crippen LogP contribution in [0.4, 0.5) is 14.5 Å². The quantitative estimate of drug-likeness (QED) is 0.232. The molecule has 2 aromatic carbocycles. The lowest BCUT2D eigenvalue weighted by Gasteiger charge is -2.42. The van der Waals surface area contributed by atoms with Gasteiger partial charge in [-0.15, -0.1) is 0 Å². The van der Waals surface area contributed by atoms with Crippen molar-refractivity contribution < 1.29 is 33.0 Å². The number of ether oxygens (including phenoxy) is 1. The molecular weight excluding hydrogens is 618 g/mol. The lowest BCUT2D eigenvalue weighted by atomic mass is 9.63. The third-order valence-corrected chi connectivity index (χ3v) is 9.08. The van der Waals surface area contributed by atoms with Crippen molar-refractivity contribution in [2.45, 2.75) is 65.4 Å². The summed E-state index contributed by atoms with van der Waals surface area (Å²) in [4.78, 5) is 43.5. The van der Waals surface area contributed by atoms with Crippen LogP contribution in [0.5, 0.6) is 5.75 Å². The Kier molecular flexibility index (Phi) is 12.7. The van der Waals surface area contributed by atoms with Gasteiger partial charge in [-0.2, -0.15) is 0 Å². The Morgan fingerprint density at radius 2 is 1.71 bits per heavy atom. The molecule has 4 N–H and O–H groups in total. The second kappa shape index (κ2) is 16.7. The Morgan fingerprint density at radius 3 is 2.33 bits per heavy atom. The number of para-hydroxylation sites is 2. The topological polar surface area (TPSA) is 125 Å². The zero-order valence-corrected chi connectivity index (χ0v) is 28.1. The summed E-state index contributed by atoms with van der Waals surface area (Å²) in [5.74, 6) is -3.26. The maximum atomic E-state index is 14.4. The highest BCUT2D eigenvalue weighted by atomic mass is 19.1. The van der Waals surface area contributed by atoms with E-state index in [0.717, 1.165) is 43.9 Å². The van der Waals surface area contributed by atoms with Gasteiger partial charge in [-0.3, -0.25) is 14.4 Å². The third-order valence-electron chi connectivity index (χ3n) is 9.08. The van der Waals surface area contributed by atoms with Crippen molar-refractivity contribution in [3.8, 4) is 5.75 Å². The van der Waals surface area contributed by atoms with Crippen LogP contribution in [0.15, 0.2) is 65.8 Å². The van der Waals surface area contributed by atoms with Gasteiger partial charge < -0.3 is 30.7 Å². The molecule has 48 heavy (non-hydrogen) atoms. The average molecular weight is 667 g/mol. The summed E-state index contributed by atoms with van der Waals surface area (Å²) in [5, 5.41) is 15.1. The smallest absolute Gasteiger partial charge is 0.260 e. The molecule has 1 aliphatic heterocycles. The summed E-state index contributed by atoms with van der Waals surface area (Å²) in [7, 11) is 0. The van der Waals surface area contributed by atoms with Crippen LogP contribution < -0.4 is 15.8 Å². The molecule has 2 aliphatic rings. The van der Waals surface area contributed by atoms with Crippen LogP contribution in [-0.4, -0.2) is 78.1 Å². The fourth-order valence-corrected chi connectivity index (χ4v) is 6.85. The number of anilines is 1. The van der Waals surface area contributed by atoms with Crippen LogP contribution in [0.3, 0.4) is 0 Å². The molecule has 0 bridgehead atoms. The predicted molar refractivity (Wildman–Crippen MR) is 181 cm³/mol. The van der Waals surface area contributed by atoms with E-state index in [1.165, 1.54) is 0 Å². The van der Waals surface area contributed by atoms with Crippen LogP contribution >= 0.6 is 0 Å². The number of carbonyl (C=O) groups is 3. The molecule has 4 rings (SSSR count). The van der Waals surface area contributed by atoms with Gasteiger partial charge in [0.05, 0.1) is 17.2 Å². The normalized spacial score (nSPS) is 18.8. The van der Waals surface area contributed by atoms with E-state index in [-0.39, 0.29) is 43.4 Å². The SMILES string of the molecule is CCCN(CCC)C(=O)C1=CC(C)=CC(C(N)=O)([C@H](Cc2cc(F)cc(F)c2)[C@@H](O)CNc2ccccc2OCC(=O)N2CCCC2)C1. The number of hydrogen-bond acceptors (Lipinski definition) is 6. The van der Waals surface area contributed by atoms with Crippen molar-refractivity contribution in [3.63, 3.8) is 0 Å². The van der Waals surface area contributed by atoms with Crippen LogP contribution in [0, 0.1) is 23.0 Å². The third kappa shape index (κ3) is 9.00. The molecule has 11 heteroatoms. The average Bonchev–Trinajstić information content (AvgIpc) is 3.59. The van der Waals surface area contributed by atoms with Gasteiger partial charge in [0.15, 0.2) is 6.61 Å². The number of likely N-dealkylation sites (tertiary alicyclic amines) is 1. The molecule has 1 fully saturated rings. The van der Waals surface area contributed by atoms with E-state index in [1.54, 1.807) is 53.1 Å². The zero-order chi connectivity index (χ0) is 34.8. The van der Waals surface area contributed by atoms with E-state index in [1.807, 2.05) is 13.8 Å². The Bertz CT molecular complexity index is 1500. The number of halogens is 2. The number of carbonyl (C=O) groups excluding carboxylic acids is 3. The van der Waals surface area contributed by atoms with Gasteiger partial charge in [-0.05, 0) is 75.3 Å². The molecule has 1 saturated heterocycles. The molecule has 0 aromatic heterocycles. The van der Waals surface area contributed by atoms with Gasteiger partial charge in [-0.1, -0.05) is 43.7 Å². The minimum Gasteiger partial charge on any atom is -0.482 e. The van der Waals surface area contributed by atoms with Crippen molar-refractivity contribution in [1.82, 2.24) is 9.80 Å². The van der Waals surface area contributed by atoms with E-state index in [2.05, 4.69) is 5.32 Å². The first-order valence-electron chi connectivity index (χ1n) is 16.8. The molecule has 3 amide bonds. The first-order valence-corrected chi connectivity index (χ1v) is 16.8. The second-order valence-corrected chi connectivity index (χ2v) is 12.8. The summed E-state index contributed by atoms with van der Waals surface area (Å²) < 4.78 is 34.6. The number of nitrogens with zero attached hydrogens (tertiary/aromatic N) is 2. The summed E-state index contributed by atoms with van der Waals surface area (Å²) in [5.41, 5.74) is 6.33. The van der Waals surface area contributed by atoms with E-state index in [0.29, 0.717) is 48.8 Å². The first-order chi connectivity index (χ1) is 23.0. The van der Waals surface area contributed by atoms with Crippen LogP contribution in [0.1, 0.15) is 58.4 Å². The zero-order valence-electron chi connectivity index (χ0n) is 28.1. The highest BCUT2D eigenvalue weighted by Crippen LogP contribution is 2.44. The summed E-state index contributed by atoms with van der Waals surface area (Å²) in [6.45, 7) is 7.98. The van der Waals surface area contributed by atoms with Crippen molar-refractivity contribution in [1.29, 1.82) is 0 Å². The highest BCUT2D eigenvalue weighted by molar-refractivity contribution is 5.97.